The predicted molar refractivity (Wildman–Crippen MR) is 86.5 cm³/mol. The SMILES string of the molecule is CC(C)c1cc2[nH]c(CNC(=O)C3(C#N)CC3)cc2cc1Cl. The molecule has 114 valence electrons. The summed E-state index contributed by atoms with van der Waals surface area (Å²) in [5.74, 6) is 0.184. The first-order valence-corrected chi connectivity index (χ1v) is 7.83. The van der Waals surface area contributed by atoms with Crippen LogP contribution >= 0.6 is 11.6 Å². The van der Waals surface area contributed by atoms with Crippen LogP contribution in [0.15, 0.2) is 18.2 Å². The number of aromatic nitrogens is 1. The highest BCUT2D eigenvalue weighted by atomic mass is 35.5. The van der Waals surface area contributed by atoms with Crippen molar-refractivity contribution < 1.29 is 4.79 Å². The Bertz CT molecular complexity index is 781. The minimum atomic E-state index is -0.778. The number of halogens is 1. The molecule has 1 aromatic carbocycles. The molecule has 0 spiro atoms. The number of nitrogens with zero attached hydrogens (tertiary/aromatic N) is 1. The Morgan fingerprint density at radius 3 is 2.77 bits per heavy atom. The van der Waals surface area contributed by atoms with Crippen molar-refractivity contribution in [2.24, 2.45) is 5.41 Å². The number of nitriles is 1. The van der Waals surface area contributed by atoms with Gasteiger partial charge in [0.25, 0.3) is 0 Å². The van der Waals surface area contributed by atoms with Crippen LogP contribution in [0.5, 0.6) is 0 Å². The number of carbonyl (C=O) groups is 1. The fourth-order valence-corrected chi connectivity index (χ4v) is 3.02. The smallest absolute Gasteiger partial charge is 0.240 e. The minimum Gasteiger partial charge on any atom is -0.357 e. The number of aromatic amines is 1. The van der Waals surface area contributed by atoms with E-state index in [9.17, 15) is 4.79 Å². The van der Waals surface area contributed by atoms with Crippen molar-refractivity contribution in [3.05, 3.63) is 34.5 Å². The summed E-state index contributed by atoms with van der Waals surface area (Å²) < 4.78 is 0. The van der Waals surface area contributed by atoms with Crippen LogP contribution in [-0.4, -0.2) is 10.9 Å². The zero-order chi connectivity index (χ0) is 15.9. The van der Waals surface area contributed by atoms with E-state index in [0.29, 0.717) is 25.3 Å². The van der Waals surface area contributed by atoms with E-state index >= 15 is 0 Å². The molecule has 1 aliphatic carbocycles. The molecule has 0 radical (unpaired) electrons. The van der Waals surface area contributed by atoms with Crippen LogP contribution in [-0.2, 0) is 11.3 Å². The molecule has 4 nitrogen and oxygen atoms in total. The normalized spacial score (nSPS) is 15.8. The van der Waals surface area contributed by atoms with Gasteiger partial charge < -0.3 is 10.3 Å². The molecule has 1 heterocycles. The second kappa shape index (κ2) is 5.33. The van der Waals surface area contributed by atoms with Crippen LogP contribution in [0.3, 0.4) is 0 Å². The molecule has 2 aromatic rings. The zero-order valence-corrected chi connectivity index (χ0v) is 13.4. The molecule has 1 amide bonds. The maximum atomic E-state index is 12.0. The van der Waals surface area contributed by atoms with E-state index in [1.165, 1.54) is 0 Å². The van der Waals surface area contributed by atoms with Gasteiger partial charge in [0.1, 0.15) is 5.41 Å². The monoisotopic (exact) mass is 315 g/mol. The van der Waals surface area contributed by atoms with Gasteiger partial charge in [0, 0.05) is 21.6 Å². The van der Waals surface area contributed by atoms with Crippen LogP contribution < -0.4 is 5.32 Å². The van der Waals surface area contributed by atoms with Crippen LogP contribution in [0.4, 0.5) is 0 Å². The minimum absolute atomic E-state index is 0.172. The van der Waals surface area contributed by atoms with E-state index in [-0.39, 0.29) is 5.91 Å². The summed E-state index contributed by atoms with van der Waals surface area (Å²) in [5, 5.41) is 13.6. The molecule has 1 aliphatic rings. The van der Waals surface area contributed by atoms with Gasteiger partial charge in [-0.15, -0.1) is 0 Å². The lowest BCUT2D eigenvalue weighted by Crippen LogP contribution is -2.30. The number of rotatable bonds is 4. The number of carbonyl (C=O) groups excluding carboxylic acids is 1. The molecular weight excluding hydrogens is 298 g/mol. The van der Waals surface area contributed by atoms with E-state index in [1.807, 2.05) is 12.1 Å². The number of H-pyrrole nitrogens is 1. The van der Waals surface area contributed by atoms with Crippen LogP contribution in [0.2, 0.25) is 5.02 Å². The highest BCUT2D eigenvalue weighted by Crippen LogP contribution is 2.45. The summed E-state index contributed by atoms with van der Waals surface area (Å²) >= 11 is 6.30. The molecule has 2 N–H and O–H groups in total. The van der Waals surface area contributed by atoms with Crippen molar-refractivity contribution in [1.82, 2.24) is 10.3 Å². The van der Waals surface area contributed by atoms with Crippen LogP contribution in [0, 0.1) is 16.7 Å². The molecule has 1 saturated carbocycles. The molecule has 0 atom stereocenters. The molecule has 0 unspecified atom stereocenters. The van der Waals surface area contributed by atoms with E-state index < -0.39 is 5.41 Å². The zero-order valence-electron chi connectivity index (χ0n) is 12.7. The summed E-state index contributed by atoms with van der Waals surface area (Å²) in [6.07, 6.45) is 1.32. The van der Waals surface area contributed by atoms with E-state index in [0.717, 1.165) is 27.2 Å². The number of hydrogen-bond acceptors (Lipinski definition) is 2. The number of fused-ring (bicyclic) bond motifs is 1. The topological polar surface area (TPSA) is 68.7 Å². The largest absolute Gasteiger partial charge is 0.357 e. The summed E-state index contributed by atoms with van der Waals surface area (Å²) in [6.45, 7) is 4.60. The number of amides is 1. The van der Waals surface area contributed by atoms with Gasteiger partial charge in [-0.3, -0.25) is 4.79 Å². The Balaban J connectivity index is 1.78. The summed E-state index contributed by atoms with van der Waals surface area (Å²) in [4.78, 5) is 15.3. The molecular formula is C17H18ClN3O. The first-order chi connectivity index (χ1) is 10.4. The van der Waals surface area contributed by atoms with Gasteiger partial charge in [-0.05, 0) is 42.5 Å². The third-order valence-corrected chi connectivity index (χ3v) is 4.58. The molecule has 0 saturated heterocycles. The predicted octanol–water partition coefficient (Wildman–Crippen LogP) is 3.86. The fourth-order valence-electron chi connectivity index (χ4n) is 2.63. The lowest BCUT2D eigenvalue weighted by atomic mass is 10.0. The van der Waals surface area contributed by atoms with Crippen LogP contribution in [0.25, 0.3) is 10.9 Å². The number of benzene rings is 1. The van der Waals surface area contributed by atoms with Gasteiger partial charge in [0.15, 0.2) is 0 Å². The quantitative estimate of drug-likeness (QED) is 0.899. The maximum Gasteiger partial charge on any atom is 0.240 e. The first-order valence-electron chi connectivity index (χ1n) is 7.46. The maximum absolute atomic E-state index is 12.0. The lowest BCUT2D eigenvalue weighted by molar-refractivity contribution is -0.124. The van der Waals surface area contributed by atoms with Gasteiger partial charge in [0.05, 0.1) is 12.6 Å². The van der Waals surface area contributed by atoms with Gasteiger partial charge in [-0.1, -0.05) is 25.4 Å². The standard InChI is InChI=1S/C17H18ClN3O/c1-10(2)13-7-15-11(6-14(13)18)5-12(21-15)8-20-16(22)17(9-19)3-4-17/h5-7,10,21H,3-4,8H2,1-2H3,(H,20,22). The number of nitrogens with one attached hydrogen (secondary N) is 2. The Morgan fingerprint density at radius 2 is 2.18 bits per heavy atom. The summed E-state index contributed by atoms with van der Waals surface area (Å²) in [5.41, 5.74) is 2.25. The lowest BCUT2D eigenvalue weighted by Gasteiger charge is -2.07. The van der Waals surface area contributed by atoms with Crippen molar-refractivity contribution in [3.8, 4) is 6.07 Å². The molecule has 5 heteroatoms. The Morgan fingerprint density at radius 1 is 1.45 bits per heavy atom. The van der Waals surface area contributed by atoms with Crippen molar-refractivity contribution in [3.63, 3.8) is 0 Å². The Hall–Kier alpha value is -1.99. The molecule has 0 aliphatic heterocycles. The van der Waals surface area contributed by atoms with Crippen LogP contribution in [0.1, 0.15) is 43.9 Å². The fraction of sp³-hybridized carbons (Fsp3) is 0.412. The van der Waals surface area contributed by atoms with Crippen molar-refractivity contribution in [2.45, 2.75) is 39.2 Å². The Labute approximate surface area is 134 Å². The molecule has 0 bridgehead atoms. The average molecular weight is 316 g/mol. The van der Waals surface area contributed by atoms with Gasteiger partial charge >= 0.3 is 0 Å². The third-order valence-electron chi connectivity index (χ3n) is 4.25. The van der Waals surface area contributed by atoms with Gasteiger partial charge in [-0.25, -0.2) is 0 Å². The van der Waals surface area contributed by atoms with Gasteiger partial charge in [-0.2, -0.15) is 5.26 Å². The van der Waals surface area contributed by atoms with E-state index in [1.54, 1.807) is 0 Å². The van der Waals surface area contributed by atoms with Gasteiger partial charge in [0.2, 0.25) is 5.91 Å². The van der Waals surface area contributed by atoms with Crippen molar-refractivity contribution in [2.75, 3.05) is 0 Å². The van der Waals surface area contributed by atoms with Crippen molar-refractivity contribution in [1.29, 1.82) is 5.26 Å². The highest BCUT2D eigenvalue weighted by Gasteiger charge is 2.50. The first kappa shape index (κ1) is 14.9. The van der Waals surface area contributed by atoms with E-state index in [4.69, 9.17) is 16.9 Å². The highest BCUT2D eigenvalue weighted by molar-refractivity contribution is 6.32. The second-order valence-electron chi connectivity index (χ2n) is 6.29. The average Bonchev–Trinajstić information content (AvgIpc) is 3.18. The second-order valence-corrected chi connectivity index (χ2v) is 6.69. The molecule has 22 heavy (non-hydrogen) atoms. The summed E-state index contributed by atoms with van der Waals surface area (Å²) in [6, 6.07) is 8.10. The van der Waals surface area contributed by atoms with E-state index in [2.05, 4.69) is 36.3 Å². The molecule has 3 rings (SSSR count). The third kappa shape index (κ3) is 2.57. The summed E-state index contributed by atoms with van der Waals surface area (Å²) in [7, 11) is 0. The Kier molecular flexibility index (Phi) is 3.62. The molecule has 1 fully saturated rings. The number of hydrogen-bond donors (Lipinski definition) is 2. The molecule has 1 aromatic heterocycles. The van der Waals surface area contributed by atoms with Crippen molar-refractivity contribution >= 4 is 28.4 Å².